The first kappa shape index (κ1) is 34.0. The van der Waals surface area contributed by atoms with Gasteiger partial charge in [0.25, 0.3) is 5.91 Å². The molecule has 7 unspecified atom stereocenters. The number of nitrogens with one attached hydrogen (secondary N) is 1. The van der Waals surface area contributed by atoms with Crippen molar-refractivity contribution >= 4 is 34.2 Å². The maximum absolute atomic E-state index is 13.5. The van der Waals surface area contributed by atoms with Gasteiger partial charge in [-0.05, 0) is 117 Å². The first-order valence-corrected chi connectivity index (χ1v) is 19.0. The van der Waals surface area contributed by atoms with Crippen molar-refractivity contribution in [3.05, 3.63) is 94.0 Å². The second-order valence-electron chi connectivity index (χ2n) is 14.2. The van der Waals surface area contributed by atoms with Crippen LogP contribution in [0.1, 0.15) is 98.9 Å². The van der Waals surface area contributed by atoms with Gasteiger partial charge in [0, 0.05) is 29.1 Å². The Bertz CT molecular complexity index is 1580. The van der Waals surface area contributed by atoms with E-state index in [2.05, 4.69) is 35.6 Å². The molecule has 1 heterocycles. The Morgan fingerprint density at radius 2 is 1.89 bits per heavy atom. The van der Waals surface area contributed by atoms with E-state index in [-0.39, 0.29) is 22.5 Å². The molecule has 7 atom stereocenters. The molecule has 3 aromatic carbocycles. The molecule has 47 heavy (non-hydrogen) atoms. The summed E-state index contributed by atoms with van der Waals surface area (Å²) in [5, 5.41) is 11.7. The summed E-state index contributed by atoms with van der Waals surface area (Å²) in [6.07, 6.45) is 7.51. The summed E-state index contributed by atoms with van der Waals surface area (Å²) in [6.45, 7) is 8.29. The molecule has 6 nitrogen and oxygen atoms in total. The minimum atomic E-state index is -1.48. The number of rotatable bonds is 11. The molecule has 3 aliphatic rings. The van der Waals surface area contributed by atoms with Gasteiger partial charge in [-0.15, -0.1) is 0 Å². The van der Waals surface area contributed by atoms with Crippen LogP contribution in [-0.4, -0.2) is 40.2 Å². The number of carbonyl (C=O) groups is 1. The molecule has 3 aromatic rings. The average molecular weight is 677 g/mol. The lowest BCUT2D eigenvalue weighted by Gasteiger charge is -2.45. The predicted molar refractivity (Wildman–Crippen MR) is 192 cm³/mol. The number of ether oxygens (including phenoxy) is 1. The molecule has 2 N–H and O–H groups in total. The van der Waals surface area contributed by atoms with Gasteiger partial charge in [0.1, 0.15) is 16.7 Å². The van der Waals surface area contributed by atoms with Crippen molar-refractivity contribution in [3.8, 4) is 5.75 Å². The summed E-state index contributed by atoms with van der Waals surface area (Å²) in [4.78, 5) is 15.9. The normalized spacial score (nSPS) is 24.5. The Balaban J connectivity index is 1.28. The third kappa shape index (κ3) is 7.42. The first-order chi connectivity index (χ1) is 22.7. The predicted octanol–water partition coefficient (Wildman–Crippen LogP) is 8.18. The highest BCUT2D eigenvalue weighted by atomic mass is 35.5. The fraction of sp³-hybridized carbons (Fsp3) is 0.513. The van der Waals surface area contributed by atoms with Gasteiger partial charge in [0.05, 0.1) is 23.6 Å². The van der Waals surface area contributed by atoms with Crippen LogP contribution in [0, 0.1) is 17.8 Å². The number of aliphatic hydroxyl groups is 1. The lowest BCUT2D eigenvalue weighted by atomic mass is 9.68. The zero-order chi connectivity index (χ0) is 33.1. The van der Waals surface area contributed by atoms with Gasteiger partial charge in [0.15, 0.2) is 0 Å². The van der Waals surface area contributed by atoms with E-state index in [0.717, 1.165) is 86.5 Å². The van der Waals surface area contributed by atoms with Gasteiger partial charge in [-0.25, -0.2) is 4.21 Å². The summed E-state index contributed by atoms with van der Waals surface area (Å²) in [5.41, 5.74) is 4.74. The quantitative estimate of drug-likeness (QED) is 0.214. The van der Waals surface area contributed by atoms with Crippen LogP contribution in [0.15, 0.2) is 66.7 Å². The number of aliphatic hydroxyl groups excluding tert-OH is 1. The largest absolute Gasteiger partial charge is 0.490 e. The molecule has 0 saturated heterocycles. The number of hydrogen-bond donors (Lipinski definition) is 2. The van der Waals surface area contributed by atoms with Crippen LogP contribution in [0.4, 0.5) is 5.69 Å². The molecule has 0 bridgehead atoms. The van der Waals surface area contributed by atoms with Crippen molar-refractivity contribution < 1.29 is 18.8 Å². The zero-order valence-electron chi connectivity index (χ0n) is 27.9. The lowest BCUT2D eigenvalue weighted by molar-refractivity contribution is 0.0783. The monoisotopic (exact) mass is 676 g/mol. The molecule has 1 aliphatic heterocycles. The SMILES string of the molecule is CCCC(C)C(C)S(=O)NC(=O)c1ccc2c(c1)N(CC1CCC1CC(O)c1ccccc1)CC1(CCCc3cc(Cl)ccc31)CO2. The third-order valence-corrected chi connectivity index (χ3v) is 12.9. The summed E-state index contributed by atoms with van der Waals surface area (Å²) in [5.74, 6) is 1.51. The van der Waals surface area contributed by atoms with Crippen LogP contribution in [0.5, 0.6) is 5.75 Å². The molecule has 0 radical (unpaired) electrons. The van der Waals surface area contributed by atoms with E-state index in [0.29, 0.717) is 24.0 Å². The average Bonchev–Trinajstić information content (AvgIpc) is 3.22. The van der Waals surface area contributed by atoms with E-state index in [4.69, 9.17) is 16.3 Å². The van der Waals surface area contributed by atoms with Crippen molar-refractivity contribution in [2.45, 2.75) is 88.9 Å². The number of benzene rings is 3. The third-order valence-electron chi connectivity index (χ3n) is 11.1. The van der Waals surface area contributed by atoms with Crippen molar-refractivity contribution in [1.29, 1.82) is 0 Å². The Morgan fingerprint density at radius 1 is 1.11 bits per heavy atom. The highest BCUT2D eigenvalue weighted by molar-refractivity contribution is 7.84. The number of hydrogen-bond acceptors (Lipinski definition) is 5. The second-order valence-corrected chi connectivity index (χ2v) is 16.2. The Kier molecular flexibility index (Phi) is 10.6. The number of nitrogens with zero attached hydrogens (tertiary/aromatic N) is 1. The Labute approximate surface area is 287 Å². The molecule has 1 amide bonds. The number of fused-ring (bicyclic) bond motifs is 3. The maximum Gasteiger partial charge on any atom is 0.263 e. The van der Waals surface area contributed by atoms with Crippen LogP contribution < -0.4 is 14.4 Å². The molecule has 6 rings (SSSR count). The van der Waals surface area contributed by atoms with E-state index in [9.17, 15) is 14.1 Å². The van der Waals surface area contributed by atoms with Gasteiger partial charge in [-0.1, -0.05) is 68.3 Å². The molecule has 2 aliphatic carbocycles. The van der Waals surface area contributed by atoms with Gasteiger partial charge in [0.2, 0.25) is 0 Å². The molecule has 8 heteroatoms. The van der Waals surface area contributed by atoms with Crippen molar-refractivity contribution in [3.63, 3.8) is 0 Å². The van der Waals surface area contributed by atoms with Crippen LogP contribution in [0.25, 0.3) is 0 Å². The Morgan fingerprint density at radius 3 is 2.64 bits per heavy atom. The Hall–Kier alpha value is -2.87. The number of anilines is 1. The molecular formula is C39H49ClN2O4S. The summed E-state index contributed by atoms with van der Waals surface area (Å²) in [6, 6.07) is 21.9. The molecule has 1 spiro atoms. The smallest absolute Gasteiger partial charge is 0.263 e. The number of halogens is 1. The molecule has 1 saturated carbocycles. The van der Waals surface area contributed by atoms with Gasteiger partial charge < -0.3 is 14.7 Å². The van der Waals surface area contributed by atoms with Gasteiger partial charge in [-0.2, -0.15) is 0 Å². The van der Waals surface area contributed by atoms with Gasteiger partial charge >= 0.3 is 0 Å². The highest BCUT2D eigenvalue weighted by Gasteiger charge is 2.43. The van der Waals surface area contributed by atoms with E-state index >= 15 is 0 Å². The highest BCUT2D eigenvalue weighted by Crippen LogP contribution is 2.47. The first-order valence-electron chi connectivity index (χ1n) is 17.4. The fourth-order valence-electron chi connectivity index (χ4n) is 7.97. The maximum atomic E-state index is 13.5. The second kappa shape index (κ2) is 14.7. The topological polar surface area (TPSA) is 78.9 Å². The van der Waals surface area contributed by atoms with Crippen LogP contribution in [0.2, 0.25) is 5.02 Å². The molecule has 252 valence electrons. The van der Waals surface area contributed by atoms with E-state index in [1.807, 2.05) is 55.5 Å². The number of aryl methyl sites for hydroxylation is 1. The van der Waals surface area contributed by atoms with Crippen LogP contribution in [0.3, 0.4) is 0 Å². The van der Waals surface area contributed by atoms with E-state index in [1.54, 1.807) is 6.07 Å². The minimum absolute atomic E-state index is 0.138. The van der Waals surface area contributed by atoms with Crippen molar-refractivity contribution in [1.82, 2.24) is 4.72 Å². The summed E-state index contributed by atoms with van der Waals surface area (Å²) < 4.78 is 22.6. The van der Waals surface area contributed by atoms with E-state index < -0.39 is 17.1 Å². The standard InChI is InChI=1S/C39H49ClN2O4S/c1-4-9-26(2)27(3)47(45)41-38(44)31-15-18-37-35(21-31)42(23-32-14-13-29(32)22-36(43)28-10-6-5-7-11-28)24-39(25-46-37)19-8-12-30-20-33(40)16-17-34(30)39/h5-7,10-11,15-18,20-21,26-27,29,32,36,43H,4,8-9,12-14,19,22-25H2,1-3H3,(H,41,44). The van der Waals surface area contributed by atoms with Crippen molar-refractivity contribution in [2.24, 2.45) is 17.8 Å². The number of carbonyl (C=O) groups excluding carboxylic acids is 1. The molecule has 1 fully saturated rings. The number of amides is 1. The molecular weight excluding hydrogens is 628 g/mol. The summed E-state index contributed by atoms with van der Waals surface area (Å²) in [7, 11) is -1.48. The van der Waals surface area contributed by atoms with Gasteiger partial charge in [-0.3, -0.25) is 9.52 Å². The lowest BCUT2D eigenvalue weighted by Crippen LogP contribution is -2.48. The van der Waals surface area contributed by atoms with E-state index in [1.165, 1.54) is 11.1 Å². The summed E-state index contributed by atoms with van der Waals surface area (Å²) >= 11 is 6.45. The zero-order valence-corrected chi connectivity index (χ0v) is 29.5. The molecule has 0 aromatic heterocycles. The van der Waals surface area contributed by atoms with Crippen LogP contribution in [-0.2, 0) is 22.8 Å². The minimum Gasteiger partial charge on any atom is -0.490 e. The van der Waals surface area contributed by atoms with Crippen molar-refractivity contribution in [2.75, 3.05) is 24.6 Å². The van der Waals surface area contributed by atoms with Crippen LogP contribution >= 0.6 is 11.6 Å². The fourth-order valence-corrected chi connectivity index (χ4v) is 9.21.